The van der Waals surface area contributed by atoms with Gasteiger partial charge >= 0.3 is 18.4 Å². The van der Waals surface area contributed by atoms with Crippen LogP contribution in [0.5, 0.6) is 0 Å². The van der Waals surface area contributed by atoms with Gasteiger partial charge in [-0.25, -0.2) is 4.79 Å². The number of allylic oxidation sites excluding steroid dienone is 6. The summed E-state index contributed by atoms with van der Waals surface area (Å²) in [6.07, 6.45) is 5.12. The first-order chi connectivity index (χ1) is 22.5. The van der Waals surface area contributed by atoms with Crippen molar-refractivity contribution in [1.82, 2.24) is 5.32 Å². The topological polar surface area (TPSA) is 53.5 Å². The Hall–Kier alpha value is -4.60. The number of carbonyl (C=O) groups excluding carboxylic acids is 1. The lowest BCUT2D eigenvalue weighted by Gasteiger charge is -2.41. The van der Waals surface area contributed by atoms with Crippen LogP contribution < -0.4 is 21.1 Å². The Balaban J connectivity index is 1.21. The Labute approximate surface area is 267 Å². The normalized spacial score (nSPS) is 22.5. The van der Waals surface area contributed by atoms with Crippen LogP contribution in [-0.4, -0.2) is 18.3 Å². The van der Waals surface area contributed by atoms with E-state index in [9.17, 15) is 31.1 Å². The number of hydrogen-bond donors (Lipinski definition) is 2. The molecule has 1 fully saturated rings. The molecule has 1 aliphatic heterocycles. The predicted molar refractivity (Wildman–Crippen MR) is 171 cm³/mol. The molecule has 0 unspecified atom stereocenters. The molecule has 1 saturated carbocycles. The van der Waals surface area contributed by atoms with Gasteiger partial charge in [-0.05, 0) is 88.4 Å². The summed E-state index contributed by atoms with van der Waals surface area (Å²) in [5.41, 5.74) is 1.06. The molecule has 242 valence electrons. The van der Waals surface area contributed by atoms with Crippen molar-refractivity contribution in [2.24, 2.45) is 16.8 Å². The van der Waals surface area contributed by atoms with Gasteiger partial charge in [-0.1, -0.05) is 73.0 Å². The maximum atomic E-state index is 13.4. The number of halogens is 6. The molecular formula is C37H31F6N3O. The SMILES string of the molecule is O=C(Nc1cc(C(F)(F)F)cc(C(F)(F)F)c1)N[C@H]1CCCC[C@H]1[C@H]1CC=CC2=C1CC=C1C=NC=c3ccc4ccccc4c3=C12. The van der Waals surface area contributed by atoms with Crippen molar-refractivity contribution in [3.05, 3.63) is 111 Å². The Bertz CT molecular complexity index is 1990. The van der Waals surface area contributed by atoms with Crippen LogP contribution in [0.15, 0.2) is 94.5 Å². The number of fused-ring (bicyclic) bond motifs is 5. The largest absolute Gasteiger partial charge is 0.416 e. The van der Waals surface area contributed by atoms with E-state index >= 15 is 0 Å². The molecule has 2 amide bonds. The molecule has 3 aromatic rings. The second kappa shape index (κ2) is 11.9. The van der Waals surface area contributed by atoms with Gasteiger partial charge in [-0.2, -0.15) is 26.3 Å². The molecule has 10 heteroatoms. The molecule has 0 saturated heterocycles. The second-order valence-corrected chi connectivity index (χ2v) is 12.5. The maximum absolute atomic E-state index is 13.4. The predicted octanol–water partition coefficient (Wildman–Crippen LogP) is 8.43. The minimum atomic E-state index is -5.01. The lowest BCUT2D eigenvalue weighted by molar-refractivity contribution is -0.143. The van der Waals surface area contributed by atoms with Crippen molar-refractivity contribution in [2.75, 3.05) is 5.32 Å². The second-order valence-electron chi connectivity index (χ2n) is 12.5. The standard InChI is InChI=1S/C37H31F6N3O/c38-36(39,40)24-16-25(37(41,42)43)18-26(17-24)45-35(47)46-32-11-4-3-8-30(32)28-9-5-10-31-29(28)15-14-23-20-44-19-22-13-12-21-6-1-2-7-27(21)33(22)34(23)31/h1-2,5-7,10,12-14,16-20,28,30,32H,3-4,8-9,11,15H2,(H2,45,46,47)/t28-,30-,32-/m0/s1. The molecule has 4 nitrogen and oxygen atoms in total. The highest BCUT2D eigenvalue weighted by molar-refractivity contribution is 6.06. The highest BCUT2D eigenvalue weighted by atomic mass is 19.4. The van der Waals surface area contributed by atoms with Crippen molar-refractivity contribution >= 4 is 40.5 Å². The van der Waals surface area contributed by atoms with Gasteiger partial charge in [0.25, 0.3) is 0 Å². The van der Waals surface area contributed by atoms with E-state index in [2.05, 4.69) is 58.1 Å². The third-order valence-corrected chi connectivity index (χ3v) is 9.70. The highest BCUT2D eigenvalue weighted by Gasteiger charge is 2.39. The Morgan fingerprint density at radius 1 is 0.894 bits per heavy atom. The Morgan fingerprint density at radius 2 is 1.64 bits per heavy atom. The van der Waals surface area contributed by atoms with E-state index < -0.39 is 35.2 Å². The fourth-order valence-electron chi connectivity index (χ4n) is 7.65. The van der Waals surface area contributed by atoms with Gasteiger partial charge in [0.2, 0.25) is 0 Å². The summed E-state index contributed by atoms with van der Waals surface area (Å²) >= 11 is 0. The number of aliphatic imine (C=N–C) groups is 1. The first-order valence-corrected chi connectivity index (χ1v) is 15.7. The summed E-state index contributed by atoms with van der Waals surface area (Å²) in [7, 11) is 0. The number of urea groups is 1. The average Bonchev–Trinajstić information content (AvgIpc) is 3.24. The summed E-state index contributed by atoms with van der Waals surface area (Å²) in [6, 6.07) is 12.4. The van der Waals surface area contributed by atoms with Gasteiger partial charge in [-0.3, -0.25) is 4.99 Å². The Morgan fingerprint density at radius 3 is 2.40 bits per heavy atom. The number of rotatable bonds is 3. The molecule has 0 radical (unpaired) electrons. The van der Waals surface area contributed by atoms with Crippen molar-refractivity contribution < 1.29 is 31.1 Å². The number of carbonyl (C=O) groups is 1. The third-order valence-electron chi connectivity index (χ3n) is 9.70. The molecule has 4 aliphatic rings. The van der Waals surface area contributed by atoms with E-state index in [4.69, 9.17) is 0 Å². The van der Waals surface area contributed by atoms with Crippen LogP contribution in [0.4, 0.5) is 36.8 Å². The lowest BCUT2D eigenvalue weighted by Crippen LogP contribution is -2.47. The van der Waals surface area contributed by atoms with E-state index in [-0.39, 0.29) is 23.9 Å². The lowest BCUT2D eigenvalue weighted by atomic mass is 9.67. The van der Waals surface area contributed by atoms with Crippen LogP contribution in [-0.2, 0) is 12.4 Å². The minimum Gasteiger partial charge on any atom is -0.335 e. The van der Waals surface area contributed by atoms with Crippen LogP contribution in [0.3, 0.4) is 0 Å². The molecule has 47 heavy (non-hydrogen) atoms. The molecule has 1 heterocycles. The zero-order chi connectivity index (χ0) is 32.9. The number of hydrogen-bond acceptors (Lipinski definition) is 2. The number of benzene rings is 3. The van der Waals surface area contributed by atoms with Crippen LogP contribution >= 0.6 is 0 Å². The molecule has 3 aliphatic carbocycles. The van der Waals surface area contributed by atoms with E-state index in [1.165, 1.54) is 5.57 Å². The monoisotopic (exact) mass is 647 g/mol. The summed E-state index contributed by atoms with van der Waals surface area (Å²) in [4.78, 5) is 17.8. The molecule has 0 aromatic heterocycles. The van der Waals surface area contributed by atoms with Gasteiger partial charge in [0, 0.05) is 29.4 Å². The first-order valence-electron chi connectivity index (χ1n) is 15.7. The van der Waals surface area contributed by atoms with E-state index in [0.717, 1.165) is 70.0 Å². The zero-order valence-corrected chi connectivity index (χ0v) is 25.2. The van der Waals surface area contributed by atoms with E-state index in [0.29, 0.717) is 18.6 Å². The van der Waals surface area contributed by atoms with Gasteiger partial charge in [0.15, 0.2) is 0 Å². The summed E-state index contributed by atoms with van der Waals surface area (Å²) in [5, 5.41) is 9.60. The molecule has 7 rings (SSSR count). The number of anilines is 1. The molecule has 3 aromatic carbocycles. The molecule has 3 atom stereocenters. The van der Waals surface area contributed by atoms with Gasteiger partial charge in [0.05, 0.1) is 11.1 Å². The maximum Gasteiger partial charge on any atom is 0.416 e. The van der Waals surface area contributed by atoms with Crippen molar-refractivity contribution in [2.45, 2.75) is 56.9 Å². The molecule has 2 N–H and O–H groups in total. The number of alkyl halides is 6. The van der Waals surface area contributed by atoms with E-state index in [1.807, 2.05) is 24.5 Å². The quantitative estimate of drug-likeness (QED) is 0.276. The van der Waals surface area contributed by atoms with Gasteiger partial charge in [0.1, 0.15) is 0 Å². The number of nitrogens with one attached hydrogen (secondary N) is 2. The smallest absolute Gasteiger partial charge is 0.335 e. The van der Waals surface area contributed by atoms with Crippen LogP contribution in [0.1, 0.15) is 49.7 Å². The third kappa shape index (κ3) is 6.01. The summed E-state index contributed by atoms with van der Waals surface area (Å²) < 4.78 is 80.4. The molecular weight excluding hydrogens is 616 g/mol. The first kappa shape index (κ1) is 31.0. The average molecular weight is 648 g/mol. The van der Waals surface area contributed by atoms with Crippen molar-refractivity contribution in [3.63, 3.8) is 0 Å². The van der Waals surface area contributed by atoms with Crippen molar-refractivity contribution in [3.8, 4) is 0 Å². The molecule has 0 spiro atoms. The zero-order valence-electron chi connectivity index (χ0n) is 25.2. The van der Waals surface area contributed by atoms with Crippen LogP contribution in [0, 0.1) is 11.8 Å². The fourth-order valence-corrected chi connectivity index (χ4v) is 7.65. The van der Waals surface area contributed by atoms with Gasteiger partial charge < -0.3 is 10.6 Å². The van der Waals surface area contributed by atoms with Crippen molar-refractivity contribution in [1.29, 1.82) is 0 Å². The summed E-state index contributed by atoms with van der Waals surface area (Å²) in [5.74, 6) is 0.129. The molecule has 0 bridgehead atoms. The minimum absolute atomic E-state index is 0.0326. The Kier molecular flexibility index (Phi) is 7.85. The van der Waals surface area contributed by atoms with E-state index in [1.54, 1.807) is 0 Å². The number of nitrogens with zero attached hydrogens (tertiary/aromatic N) is 1. The number of amides is 2. The van der Waals surface area contributed by atoms with Crippen LogP contribution in [0.2, 0.25) is 0 Å². The van der Waals surface area contributed by atoms with Crippen LogP contribution in [0.25, 0.3) is 22.5 Å². The fraction of sp³-hybridized carbons (Fsp3) is 0.297. The van der Waals surface area contributed by atoms with Gasteiger partial charge in [-0.15, -0.1) is 0 Å². The highest BCUT2D eigenvalue weighted by Crippen LogP contribution is 2.46. The summed E-state index contributed by atoms with van der Waals surface area (Å²) in [6.45, 7) is 0.